The topological polar surface area (TPSA) is 66.8 Å². The van der Waals surface area contributed by atoms with E-state index in [1.54, 1.807) is 6.92 Å². The minimum absolute atomic E-state index is 0.0763. The predicted molar refractivity (Wildman–Crippen MR) is 57.4 cm³/mol. The van der Waals surface area contributed by atoms with Gasteiger partial charge in [-0.2, -0.15) is 0 Å². The molecule has 2 atom stereocenters. The molecule has 0 aromatic rings. The molecule has 0 heterocycles. The zero-order valence-corrected chi connectivity index (χ0v) is 9.61. The molecule has 15 heavy (non-hydrogen) atoms. The third-order valence-electron chi connectivity index (χ3n) is 2.29. The summed E-state index contributed by atoms with van der Waals surface area (Å²) in [6, 6.07) is 0. The first-order valence-corrected chi connectivity index (χ1v) is 5.49. The number of esters is 1. The molecular formula is C11H22O4. The monoisotopic (exact) mass is 218 g/mol. The van der Waals surface area contributed by atoms with Crippen LogP contribution in [0.1, 0.15) is 45.4 Å². The van der Waals surface area contributed by atoms with Crippen LogP contribution in [0.5, 0.6) is 0 Å². The van der Waals surface area contributed by atoms with E-state index in [1.807, 2.05) is 0 Å². The summed E-state index contributed by atoms with van der Waals surface area (Å²) in [5.74, 6) is -0.369. The highest BCUT2D eigenvalue weighted by atomic mass is 16.5. The highest BCUT2D eigenvalue weighted by Crippen LogP contribution is 2.09. The number of hydrogen-bond donors (Lipinski definition) is 2. The van der Waals surface area contributed by atoms with Crippen molar-refractivity contribution in [2.45, 2.75) is 57.7 Å². The lowest BCUT2D eigenvalue weighted by Gasteiger charge is -2.09. The molecule has 4 nitrogen and oxygen atoms in total. The van der Waals surface area contributed by atoms with E-state index in [1.165, 1.54) is 7.11 Å². The molecule has 2 N–H and O–H groups in total. The molecule has 0 aliphatic heterocycles. The van der Waals surface area contributed by atoms with Crippen LogP contribution in [-0.4, -0.2) is 35.5 Å². The molecule has 4 heteroatoms. The van der Waals surface area contributed by atoms with Gasteiger partial charge in [0, 0.05) is 0 Å². The zero-order valence-electron chi connectivity index (χ0n) is 9.61. The van der Waals surface area contributed by atoms with Crippen molar-refractivity contribution in [1.29, 1.82) is 0 Å². The van der Waals surface area contributed by atoms with Gasteiger partial charge >= 0.3 is 5.97 Å². The molecule has 0 spiro atoms. The summed E-state index contributed by atoms with van der Waals surface area (Å²) >= 11 is 0. The van der Waals surface area contributed by atoms with Crippen LogP contribution in [-0.2, 0) is 9.53 Å². The summed E-state index contributed by atoms with van der Waals surface area (Å²) in [5.41, 5.74) is 0. The molecule has 0 bridgehead atoms. The molecule has 0 radical (unpaired) electrons. The number of aliphatic hydroxyl groups is 2. The van der Waals surface area contributed by atoms with Crippen molar-refractivity contribution in [3.63, 3.8) is 0 Å². The predicted octanol–water partition coefficient (Wildman–Crippen LogP) is 1.24. The molecule has 0 amide bonds. The van der Waals surface area contributed by atoms with E-state index in [0.717, 1.165) is 25.7 Å². The Morgan fingerprint density at radius 2 is 1.80 bits per heavy atom. The number of unbranched alkanes of at least 4 members (excludes halogenated alkanes) is 2. The normalized spacial score (nSPS) is 14.7. The molecule has 0 aliphatic rings. The van der Waals surface area contributed by atoms with Crippen LogP contribution in [0.2, 0.25) is 0 Å². The van der Waals surface area contributed by atoms with Gasteiger partial charge in [0.05, 0.1) is 25.7 Å². The summed E-state index contributed by atoms with van der Waals surface area (Å²) in [6.45, 7) is 1.77. The first-order valence-electron chi connectivity index (χ1n) is 5.49. The second-order valence-electron chi connectivity index (χ2n) is 3.92. The molecule has 90 valence electrons. The lowest BCUT2D eigenvalue weighted by atomic mass is 10.1. The van der Waals surface area contributed by atoms with Crippen molar-refractivity contribution in [2.24, 2.45) is 0 Å². The molecule has 0 saturated carbocycles. The highest BCUT2D eigenvalue weighted by Gasteiger charge is 2.10. The second-order valence-corrected chi connectivity index (χ2v) is 3.92. The van der Waals surface area contributed by atoms with Gasteiger partial charge in [-0.15, -0.1) is 0 Å². The van der Waals surface area contributed by atoms with Crippen LogP contribution >= 0.6 is 0 Å². The van der Waals surface area contributed by atoms with Crippen molar-refractivity contribution in [3.8, 4) is 0 Å². The van der Waals surface area contributed by atoms with Gasteiger partial charge in [-0.1, -0.05) is 19.3 Å². The van der Waals surface area contributed by atoms with Crippen LogP contribution in [0.15, 0.2) is 0 Å². The van der Waals surface area contributed by atoms with Gasteiger partial charge in [0.1, 0.15) is 0 Å². The first kappa shape index (κ1) is 14.4. The van der Waals surface area contributed by atoms with Crippen LogP contribution in [0.25, 0.3) is 0 Å². The smallest absolute Gasteiger partial charge is 0.308 e. The second kappa shape index (κ2) is 8.68. The Labute approximate surface area is 91.3 Å². The van der Waals surface area contributed by atoms with Crippen molar-refractivity contribution in [2.75, 3.05) is 7.11 Å². The molecule has 0 rings (SSSR count). The Bertz CT molecular complexity index is 168. The van der Waals surface area contributed by atoms with Gasteiger partial charge in [0.15, 0.2) is 0 Å². The van der Waals surface area contributed by atoms with Crippen LogP contribution < -0.4 is 0 Å². The van der Waals surface area contributed by atoms with Crippen LogP contribution in [0.4, 0.5) is 0 Å². The fourth-order valence-electron chi connectivity index (χ4n) is 1.37. The minimum Gasteiger partial charge on any atom is -0.469 e. The number of carbonyl (C=O) groups excluding carboxylic acids is 1. The number of carbonyl (C=O) groups is 1. The molecule has 0 aromatic carbocycles. The Balaban J connectivity index is 3.31. The fraction of sp³-hybridized carbons (Fsp3) is 0.909. The third-order valence-corrected chi connectivity index (χ3v) is 2.29. The SMILES string of the molecule is COC(=O)C[C@@H](O)CCCCC[C@@H](C)O. The van der Waals surface area contributed by atoms with Gasteiger partial charge < -0.3 is 14.9 Å². The standard InChI is InChI=1S/C11H22O4/c1-9(12)6-4-3-5-7-10(13)8-11(14)15-2/h9-10,12-13H,3-8H2,1-2H3/t9-,10+/m1/s1. The summed E-state index contributed by atoms with van der Waals surface area (Å²) in [6.07, 6.45) is 3.47. The maximum Gasteiger partial charge on any atom is 0.308 e. The number of methoxy groups -OCH3 is 1. The zero-order chi connectivity index (χ0) is 11.7. The first-order chi connectivity index (χ1) is 7.06. The molecule has 0 saturated heterocycles. The van der Waals surface area contributed by atoms with Gasteiger partial charge in [0.25, 0.3) is 0 Å². The summed E-state index contributed by atoms with van der Waals surface area (Å²) < 4.78 is 4.45. The Morgan fingerprint density at radius 1 is 1.20 bits per heavy atom. The summed E-state index contributed by atoms with van der Waals surface area (Å²) in [4.78, 5) is 10.8. The van der Waals surface area contributed by atoms with Gasteiger partial charge in [-0.25, -0.2) is 0 Å². The highest BCUT2D eigenvalue weighted by molar-refractivity contribution is 5.69. The molecule has 0 fully saturated rings. The summed E-state index contributed by atoms with van der Waals surface area (Å²) in [5, 5.41) is 18.4. The Kier molecular flexibility index (Phi) is 8.33. The van der Waals surface area contributed by atoms with E-state index < -0.39 is 6.10 Å². The van der Waals surface area contributed by atoms with Crippen molar-refractivity contribution in [3.05, 3.63) is 0 Å². The number of rotatable bonds is 8. The fourth-order valence-corrected chi connectivity index (χ4v) is 1.37. The van der Waals surface area contributed by atoms with Crippen molar-refractivity contribution < 1.29 is 19.7 Å². The van der Waals surface area contributed by atoms with E-state index in [2.05, 4.69) is 4.74 Å². The largest absolute Gasteiger partial charge is 0.469 e. The average molecular weight is 218 g/mol. The van der Waals surface area contributed by atoms with E-state index >= 15 is 0 Å². The Morgan fingerprint density at radius 3 is 2.33 bits per heavy atom. The Hall–Kier alpha value is -0.610. The van der Waals surface area contributed by atoms with Gasteiger partial charge in [-0.05, 0) is 19.8 Å². The van der Waals surface area contributed by atoms with Crippen molar-refractivity contribution in [1.82, 2.24) is 0 Å². The quantitative estimate of drug-likeness (QED) is 0.475. The van der Waals surface area contributed by atoms with E-state index in [-0.39, 0.29) is 18.5 Å². The van der Waals surface area contributed by atoms with E-state index in [4.69, 9.17) is 5.11 Å². The molecule has 0 aromatic heterocycles. The minimum atomic E-state index is -0.594. The number of ether oxygens (including phenoxy) is 1. The molecule has 0 aliphatic carbocycles. The maximum atomic E-state index is 10.8. The lowest BCUT2D eigenvalue weighted by Crippen LogP contribution is -2.14. The van der Waals surface area contributed by atoms with Crippen LogP contribution in [0.3, 0.4) is 0 Å². The molecule has 0 unspecified atom stereocenters. The third kappa shape index (κ3) is 9.69. The lowest BCUT2D eigenvalue weighted by molar-refractivity contribution is -0.142. The van der Waals surface area contributed by atoms with Gasteiger partial charge in [0.2, 0.25) is 0 Å². The van der Waals surface area contributed by atoms with Crippen molar-refractivity contribution >= 4 is 5.97 Å². The van der Waals surface area contributed by atoms with Gasteiger partial charge in [-0.3, -0.25) is 4.79 Å². The average Bonchev–Trinajstić information content (AvgIpc) is 2.16. The van der Waals surface area contributed by atoms with E-state index in [0.29, 0.717) is 6.42 Å². The van der Waals surface area contributed by atoms with E-state index in [9.17, 15) is 9.90 Å². The van der Waals surface area contributed by atoms with Crippen LogP contribution in [0, 0.1) is 0 Å². The maximum absolute atomic E-state index is 10.8. The molecular weight excluding hydrogens is 196 g/mol. The number of aliphatic hydroxyl groups excluding tert-OH is 2. The summed E-state index contributed by atoms with van der Waals surface area (Å²) in [7, 11) is 1.32. The number of hydrogen-bond acceptors (Lipinski definition) is 4.